The zero-order chi connectivity index (χ0) is 20.3. The summed E-state index contributed by atoms with van der Waals surface area (Å²) in [5.74, 6) is 0.333. The summed E-state index contributed by atoms with van der Waals surface area (Å²) >= 11 is 6.02. The van der Waals surface area contributed by atoms with E-state index in [-0.39, 0.29) is 11.5 Å². The molecule has 2 aromatic carbocycles. The van der Waals surface area contributed by atoms with E-state index in [9.17, 15) is 9.59 Å². The van der Waals surface area contributed by atoms with Crippen LogP contribution in [-0.2, 0) is 4.79 Å². The minimum atomic E-state index is -0.797. The van der Waals surface area contributed by atoms with E-state index in [2.05, 4.69) is 10.4 Å². The van der Waals surface area contributed by atoms with Crippen LogP contribution in [0.1, 0.15) is 18.5 Å². The fourth-order valence-corrected chi connectivity index (χ4v) is 2.84. The lowest BCUT2D eigenvalue weighted by atomic mass is 10.1. The molecular weight excluding hydrogens is 378 g/mol. The average Bonchev–Trinajstić information content (AvgIpc) is 2.70. The first-order chi connectivity index (χ1) is 13.4. The Morgan fingerprint density at radius 1 is 1.18 bits per heavy atom. The Kier molecular flexibility index (Phi) is 5.80. The molecule has 0 saturated carbocycles. The second-order valence-corrected chi connectivity index (χ2v) is 6.77. The monoisotopic (exact) mass is 397 g/mol. The number of hydrogen-bond acceptors (Lipinski definition) is 4. The normalized spacial score (nSPS) is 11.7. The van der Waals surface area contributed by atoms with Crippen molar-refractivity contribution >= 4 is 23.2 Å². The van der Waals surface area contributed by atoms with Crippen LogP contribution >= 0.6 is 11.6 Å². The molecule has 1 aromatic heterocycles. The highest BCUT2D eigenvalue weighted by Crippen LogP contribution is 2.22. The summed E-state index contributed by atoms with van der Waals surface area (Å²) in [4.78, 5) is 24.9. The van der Waals surface area contributed by atoms with Crippen LogP contribution in [-0.4, -0.2) is 22.8 Å². The number of carbonyl (C=O) groups is 1. The van der Waals surface area contributed by atoms with Crippen LogP contribution in [0, 0.1) is 6.92 Å². The molecule has 6 nitrogen and oxygen atoms in total. The van der Waals surface area contributed by atoms with E-state index in [1.54, 1.807) is 38.3 Å². The van der Waals surface area contributed by atoms with E-state index in [1.807, 2.05) is 31.2 Å². The van der Waals surface area contributed by atoms with Crippen LogP contribution in [0.25, 0.3) is 11.3 Å². The molecule has 0 aliphatic carbocycles. The lowest BCUT2D eigenvalue weighted by Crippen LogP contribution is -2.33. The molecule has 0 aliphatic rings. The summed E-state index contributed by atoms with van der Waals surface area (Å²) in [5, 5.41) is 7.79. The lowest BCUT2D eigenvalue weighted by Gasteiger charge is -2.15. The van der Waals surface area contributed by atoms with Crippen molar-refractivity contribution < 1.29 is 9.53 Å². The largest absolute Gasteiger partial charge is 0.497 e. The maximum absolute atomic E-state index is 12.6. The Morgan fingerprint density at radius 2 is 1.96 bits per heavy atom. The van der Waals surface area contributed by atoms with Crippen LogP contribution < -0.4 is 15.6 Å². The molecule has 3 aromatic rings. The zero-order valence-corrected chi connectivity index (χ0v) is 16.5. The average molecular weight is 398 g/mol. The Bertz CT molecular complexity index is 1080. The van der Waals surface area contributed by atoms with Gasteiger partial charge in [-0.15, -0.1) is 0 Å². The third kappa shape index (κ3) is 4.23. The molecule has 1 amide bonds. The van der Waals surface area contributed by atoms with Crippen molar-refractivity contribution in [1.29, 1.82) is 0 Å². The van der Waals surface area contributed by atoms with Crippen molar-refractivity contribution in [2.24, 2.45) is 0 Å². The van der Waals surface area contributed by atoms with Crippen molar-refractivity contribution in [3.8, 4) is 17.0 Å². The second kappa shape index (κ2) is 8.27. The lowest BCUT2D eigenvalue weighted by molar-refractivity contribution is -0.119. The van der Waals surface area contributed by atoms with Gasteiger partial charge in [0.15, 0.2) is 0 Å². The molecule has 1 unspecified atom stereocenters. The van der Waals surface area contributed by atoms with E-state index < -0.39 is 6.04 Å². The molecule has 7 heteroatoms. The van der Waals surface area contributed by atoms with Crippen molar-refractivity contribution in [1.82, 2.24) is 9.78 Å². The van der Waals surface area contributed by atoms with Crippen molar-refractivity contribution in [3.05, 3.63) is 75.5 Å². The van der Waals surface area contributed by atoms with Crippen LogP contribution in [0.15, 0.2) is 59.4 Å². The quantitative estimate of drug-likeness (QED) is 0.704. The Labute approximate surface area is 167 Å². The second-order valence-electron chi connectivity index (χ2n) is 6.36. The van der Waals surface area contributed by atoms with Gasteiger partial charge in [-0.3, -0.25) is 9.59 Å². The maximum Gasteiger partial charge on any atom is 0.267 e. The highest BCUT2D eigenvalue weighted by Gasteiger charge is 2.18. The number of hydrogen-bond donors (Lipinski definition) is 1. The minimum absolute atomic E-state index is 0.348. The van der Waals surface area contributed by atoms with Gasteiger partial charge in [0, 0.05) is 22.3 Å². The molecular formula is C21H20ClN3O3. The highest BCUT2D eigenvalue weighted by molar-refractivity contribution is 6.31. The Hall–Kier alpha value is -3.12. The topological polar surface area (TPSA) is 73.2 Å². The summed E-state index contributed by atoms with van der Waals surface area (Å²) in [6, 6.07) is 14.8. The van der Waals surface area contributed by atoms with Gasteiger partial charge in [0.2, 0.25) is 5.91 Å². The maximum atomic E-state index is 12.6. The van der Waals surface area contributed by atoms with Gasteiger partial charge in [-0.05, 0) is 55.8 Å². The van der Waals surface area contributed by atoms with E-state index >= 15 is 0 Å². The fourth-order valence-electron chi connectivity index (χ4n) is 2.72. The molecule has 0 saturated heterocycles. The number of anilines is 1. The number of aryl methyl sites for hydroxylation is 1. The van der Waals surface area contributed by atoms with Gasteiger partial charge in [-0.1, -0.05) is 23.7 Å². The molecule has 1 N–H and O–H groups in total. The molecule has 0 radical (unpaired) electrons. The van der Waals surface area contributed by atoms with Gasteiger partial charge in [0.25, 0.3) is 5.56 Å². The van der Waals surface area contributed by atoms with Gasteiger partial charge >= 0.3 is 0 Å². The smallest absolute Gasteiger partial charge is 0.267 e. The Balaban J connectivity index is 1.88. The first kappa shape index (κ1) is 19.6. The van der Waals surface area contributed by atoms with Crippen LogP contribution in [0.3, 0.4) is 0 Å². The van der Waals surface area contributed by atoms with Crippen LogP contribution in [0.5, 0.6) is 5.75 Å². The van der Waals surface area contributed by atoms with Gasteiger partial charge in [-0.2, -0.15) is 5.10 Å². The molecule has 1 atom stereocenters. The third-order valence-electron chi connectivity index (χ3n) is 4.36. The molecule has 0 fully saturated rings. The van der Waals surface area contributed by atoms with E-state index in [4.69, 9.17) is 16.3 Å². The first-order valence-electron chi connectivity index (χ1n) is 8.70. The van der Waals surface area contributed by atoms with Crippen molar-refractivity contribution in [2.75, 3.05) is 12.4 Å². The van der Waals surface area contributed by atoms with Crippen LogP contribution in [0.4, 0.5) is 5.69 Å². The van der Waals surface area contributed by atoms with Crippen molar-refractivity contribution in [2.45, 2.75) is 19.9 Å². The summed E-state index contributed by atoms with van der Waals surface area (Å²) in [6.45, 7) is 3.48. The third-order valence-corrected chi connectivity index (χ3v) is 4.79. The number of nitrogens with one attached hydrogen (secondary N) is 1. The number of carbonyl (C=O) groups excluding carboxylic acids is 1. The minimum Gasteiger partial charge on any atom is -0.497 e. The van der Waals surface area contributed by atoms with Gasteiger partial charge < -0.3 is 10.1 Å². The van der Waals surface area contributed by atoms with E-state index in [0.717, 1.165) is 11.1 Å². The number of amides is 1. The zero-order valence-electron chi connectivity index (χ0n) is 15.8. The molecule has 28 heavy (non-hydrogen) atoms. The van der Waals surface area contributed by atoms with Crippen molar-refractivity contribution in [3.63, 3.8) is 0 Å². The number of aromatic nitrogens is 2. The summed E-state index contributed by atoms with van der Waals surface area (Å²) in [5.41, 5.74) is 2.45. The van der Waals surface area contributed by atoms with E-state index in [1.165, 1.54) is 10.7 Å². The first-order valence-corrected chi connectivity index (χ1v) is 9.08. The summed E-state index contributed by atoms with van der Waals surface area (Å²) in [6.07, 6.45) is 0. The molecule has 0 spiro atoms. The van der Waals surface area contributed by atoms with Gasteiger partial charge in [0.05, 0.1) is 12.8 Å². The Morgan fingerprint density at radius 3 is 2.68 bits per heavy atom. The standard InChI is InChI=1S/C21H20ClN3O3/c1-13-11-16(7-8-18(13)22)23-21(27)14(2)25-20(26)10-9-19(24-25)15-5-4-6-17(12-15)28-3/h4-12,14H,1-3H3,(H,23,27). The highest BCUT2D eigenvalue weighted by atomic mass is 35.5. The number of ether oxygens (including phenoxy) is 1. The molecule has 1 heterocycles. The van der Waals surface area contributed by atoms with Crippen LogP contribution in [0.2, 0.25) is 5.02 Å². The molecule has 0 aliphatic heterocycles. The number of benzene rings is 2. The predicted molar refractivity (Wildman–Crippen MR) is 110 cm³/mol. The number of rotatable bonds is 5. The number of halogens is 1. The molecule has 0 bridgehead atoms. The number of nitrogens with zero attached hydrogens (tertiary/aromatic N) is 2. The molecule has 3 rings (SSSR count). The van der Waals surface area contributed by atoms with E-state index in [0.29, 0.717) is 22.2 Å². The molecule has 144 valence electrons. The van der Waals surface area contributed by atoms with Gasteiger partial charge in [0.1, 0.15) is 11.8 Å². The number of methoxy groups -OCH3 is 1. The predicted octanol–water partition coefficient (Wildman–Crippen LogP) is 4.08. The van der Waals surface area contributed by atoms with Gasteiger partial charge in [-0.25, -0.2) is 4.68 Å². The SMILES string of the molecule is COc1cccc(-c2ccc(=O)n(C(C)C(=O)Nc3ccc(Cl)c(C)c3)n2)c1. The summed E-state index contributed by atoms with van der Waals surface area (Å²) < 4.78 is 6.40. The fraction of sp³-hybridized carbons (Fsp3) is 0.190. The summed E-state index contributed by atoms with van der Waals surface area (Å²) in [7, 11) is 1.58.